The number of carbonyl (C=O) groups is 1. The van der Waals surface area contributed by atoms with Gasteiger partial charge in [0.2, 0.25) is 5.82 Å². The number of methoxy groups -OCH3 is 1. The predicted octanol–water partition coefficient (Wildman–Crippen LogP) is 1.01. The summed E-state index contributed by atoms with van der Waals surface area (Å²) in [6.45, 7) is 3.23. The number of ether oxygens (including phenoxy) is 1. The van der Waals surface area contributed by atoms with E-state index < -0.39 is 0 Å². The molecular weight excluding hydrogens is 232 g/mol. The van der Waals surface area contributed by atoms with Crippen molar-refractivity contribution in [2.24, 2.45) is 0 Å². The molecule has 0 saturated heterocycles. The monoisotopic (exact) mass is 252 g/mol. The van der Waals surface area contributed by atoms with Crippen molar-refractivity contribution in [2.45, 2.75) is 38.6 Å². The van der Waals surface area contributed by atoms with Gasteiger partial charge in [0, 0.05) is 26.1 Å². The van der Waals surface area contributed by atoms with Gasteiger partial charge in [-0.15, -0.1) is 5.10 Å². The summed E-state index contributed by atoms with van der Waals surface area (Å²) >= 11 is 0. The molecule has 1 N–H and O–H groups in total. The number of amides is 1. The number of nitrogens with zero attached hydrogens (tertiary/aromatic N) is 3. The Bertz CT molecular complexity index is 401. The van der Waals surface area contributed by atoms with Crippen LogP contribution in [0.5, 0.6) is 0 Å². The Morgan fingerprint density at radius 1 is 1.56 bits per heavy atom. The highest BCUT2D eigenvalue weighted by Gasteiger charge is 2.34. The minimum atomic E-state index is -0.0897. The van der Waals surface area contributed by atoms with E-state index in [-0.39, 0.29) is 11.7 Å². The smallest absolute Gasteiger partial charge is 0.293 e. The fraction of sp³-hybridized carbons (Fsp3) is 0.750. The van der Waals surface area contributed by atoms with Gasteiger partial charge in [-0.2, -0.15) is 0 Å². The summed E-state index contributed by atoms with van der Waals surface area (Å²) in [7, 11) is 1.64. The van der Waals surface area contributed by atoms with Crippen LogP contribution in [0.1, 0.15) is 42.6 Å². The van der Waals surface area contributed by atoms with Gasteiger partial charge in [0.05, 0.1) is 6.61 Å². The van der Waals surface area contributed by atoms with Gasteiger partial charge in [0.15, 0.2) is 0 Å². The lowest BCUT2D eigenvalue weighted by Gasteiger charge is -2.20. The number of hydrogen-bond acceptors (Lipinski definition) is 4. The molecule has 1 aliphatic carbocycles. The largest absolute Gasteiger partial charge is 0.383 e. The molecule has 0 unspecified atom stereocenters. The highest BCUT2D eigenvalue weighted by atomic mass is 16.5. The third-order valence-corrected chi connectivity index (χ3v) is 2.99. The van der Waals surface area contributed by atoms with Crippen LogP contribution in [0.2, 0.25) is 0 Å². The molecule has 1 aliphatic rings. The first kappa shape index (κ1) is 13.0. The van der Waals surface area contributed by atoms with E-state index in [0.29, 0.717) is 19.2 Å². The normalized spacial score (nSPS) is 14.8. The molecule has 1 fully saturated rings. The second kappa shape index (κ2) is 5.95. The summed E-state index contributed by atoms with van der Waals surface area (Å²) in [5, 5.41) is 6.82. The SMILES string of the molecule is CCCc1nc(C(=O)N(CCOC)C2CC2)n[nH]1. The number of aryl methyl sites for hydroxylation is 1. The fourth-order valence-corrected chi connectivity index (χ4v) is 1.89. The molecule has 0 aliphatic heterocycles. The highest BCUT2D eigenvalue weighted by molar-refractivity contribution is 5.90. The van der Waals surface area contributed by atoms with Gasteiger partial charge in [-0.3, -0.25) is 9.89 Å². The van der Waals surface area contributed by atoms with Crippen LogP contribution >= 0.6 is 0 Å². The topological polar surface area (TPSA) is 71.1 Å². The first-order valence-corrected chi connectivity index (χ1v) is 6.47. The molecule has 1 heterocycles. The first-order valence-electron chi connectivity index (χ1n) is 6.47. The Hall–Kier alpha value is -1.43. The lowest BCUT2D eigenvalue weighted by atomic mass is 10.3. The van der Waals surface area contributed by atoms with Gasteiger partial charge in [-0.05, 0) is 19.3 Å². The Morgan fingerprint density at radius 3 is 2.94 bits per heavy atom. The molecule has 0 bridgehead atoms. The van der Waals surface area contributed by atoms with E-state index in [9.17, 15) is 4.79 Å². The van der Waals surface area contributed by atoms with Gasteiger partial charge in [-0.25, -0.2) is 4.98 Å². The van der Waals surface area contributed by atoms with Gasteiger partial charge in [0.1, 0.15) is 5.82 Å². The zero-order chi connectivity index (χ0) is 13.0. The standard InChI is InChI=1S/C12H20N4O2/c1-3-4-10-13-11(15-14-10)12(17)16(7-8-18-2)9-5-6-9/h9H,3-8H2,1-2H3,(H,13,14,15). The quantitative estimate of drug-likeness (QED) is 0.786. The van der Waals surface area contributed by atoms with Crippen LogP contribution in [0.3, 0.4) is 0 Å². The molecule has 1 aromatic heterocycles. The highest BCUT2D eigenvalue weighted by Crippen LogP contribution is 2.27. The molecule has 0 spiro atoms. The number of aromatic nitrogens is 3. The number of nitrogens with one attached hydrogen (secondary N) is 1. The van der Waals surface area contributed by atoms with E-state index >= 15 is 0 Å². The van der Waals surface area contributed by atoms with Gasteiger partial charge < -0.3 is 9.64 Å². The van der Waals surface area contributed by atoms with Gasteiger partial charge in [-0.1, -0.05) is 6.92 Å². The van der Waals surface area contributed by atoms with Crippen molar-refractivity contribution >= 4 is 5.91 Å². The summed E-state index contributed by atoms with van der Waals surface area (Å²) < 4.78 is 5.04. The molecule has 1 amide bonds. The lowest BCUT2D eigenvalue weighted by Crippen LogP contribution is -2.36. The zero-order valence-corrected chi connectivity index (χ0v) is 11.0. The zero-order valence-electron chi connectivity index (χ0n) is 11.0. The van der Waals surface area contributed by atoms with Crippen LogP contribution in [0.4, 0.5) is 0 Å². The average Bonchev–Trinajstić information content (AvgIpc) is 3.09. The number of aromatic amines is 1. The third kappa shape index (κ3) is 3.07. The van der Waals surface area contributed by atoms with Crippen LogP contribution in [0, 0.1) is 0 Å². The average molecular weight is 252 g/mol. The molecule has 6 heteroatoms. The van der Waals surface area contributed by atoms with Crippen molar-refractivity contribution in [2.75, 3.05) is 20.3 Å². The van der Waals surface area contributed by atoms with Crippen molar-refractivity contribution in [3.63, 3.8) is 0 Å². The summed E-state index contributed by atoms with van der Waals surface area (Å²) in [4.78, 5) is 18.3. The summed E-state index contributed by atoms with van der Waals surface area (Å²) in [6, 6.07) is 0.348. The van der Waals surface area contributed by atoms with Crippen LogP contribution in [-0.4, -0.2) is 52.3 Å². The number of carbonyl (C=O) groups excluding carboxylic acids is 1. The molecule has 18 heavy (non-hydrogen) atoms. The number of rotatable bonds is 7. The Kier molecular flexibility index (Phi) is 4.30. The second-order valence-corrected chi connectivity index (χ2v) is 4.58. The molecular formula is C12H20N4O2. The first-order chi connectivity index (χ1) is 8.76. The van der Waals surface area contributed by atoms with Crippen LogP contribution in [-0.2, 0) is 11.2 Å². The molecule has 0 atom stereocenters. The van der Waals surface area contributed by atoms with Crippen molar-refractivity contribution < 1.29 is 9.53 Å². The second-order valence-electron chi connectivity index (χ2n) is 4.58. The van der Waals surface area contributed by atoms with E-state index in [4.69, 9.17) is 4.74 Å². The van der Waals surface area contributed by atoms with E-state index in [0.717, 1.165) is 31.5 Å². The maximum Gasteiger partial charge on any atom is 0.293 e. The van der Waals surface area contributed by atoms with Crippen molar-refractivity contribution in [3.05, 3.63) is 11.6 Å². The molecule has 100 valence electrons. The molecule has 2 rings (SSSR count). The Labute approximate surface area is 107 Å². The van der Waals surface area contributed by atoms with Crippen molar-refractivity contribution in [1.82, 2.24) is 20.1 Å². The van der Waals surface area contributed by atoms with Gasteiger partial charge in [0.25, 0.3) is 5.91 Å². The fourth-order valence-electron chi connectivity index (χ4n) is 1.89. The molecule has 6 nitrogen and oxygen atoms in total. The summed E-state index contributed by atoms with van der Waals surface area (Å²) in [5.74, 6) is 0.970. The summed E-state index contributed by atoms with van der Waals surface area (Å²) in [5.41, 5.74) is 0. The van der Waals surface area contributed by atoms with E-state index in [1.807, 2.05) is 4.90 Å². The molecule has 0 radical (unpaired) electrons. The van der Waals surface area contributed by atoms with Crippen LogP contribution in [0.25, 0.3) is 0 Å². The Morgan fingerprint density at radius 2 is 2.33 bits per heavy atom. The van der Waals surface area contributed by atoms with Gasteiger partial charge >= 0.3 is 0 Å². The van der Waals surface area contributed by atoms with E-state index in [1.165, 1.54) is 0 Å². The minimum absolute atomic E-state index is 0.0897. The molecule has 1 saturated carbocycles. The number of hydrogen-bond donors (Lipinski definition) is 1. The maximum absolute atomic E-state index is 12.3. The predicted molar refractivity (Wildman–Crippen MR) is 66.3 cm³/mol. The van der Waals surface area contributed by atoms with Crippen LogP contribution in [0.15, 0.2) is 0 Å². The summed E-state index contributed by atoms with van der Waals surface area (Å²) in [6.07, 6.45) is 3.95. The van der Waals surface area contributed by atoms with E-state index in [1.54, 1.807) is 7.11 Å². The van der Waals surface area contributed by atoms with Crippen molar-refractivity contribution in [3.8, 4) is 0 Å². The maximum atomic E-state index is 12.3. The minimum Gasteiger partial charge on any atom is -0.383 e. The Balaban J connectivity index is 2.01. The number of H-pyrrole nitrogens is 1. The third-order valence-electron chi connectivity index (χ3n) is 2.99. The van der Waals surface area contributed by atoms with Crippen LogP contribution < -0.4 is 0 Å². The van der Waals surface area contributed by atoms with Crippen molar-refractivity contribution in [1.29, 1.82) is 0 Å². The lowest BCUT2D eigenvalue weighted by molar-refractivity contribution is 0.0668. The molecule has 1 aromatic rings. The molecule has 0 aromatic carbocycles. The van der Waals surface area contributed by atoms with E-state index in [2.05, 4.69) is 22.1 Å².